The van der Waals surface area contributed by atoms with Gasteiger partial charge in [0.15, 0.2) is 0 Å². The molecule has 0 radical (unpaired) electrons. The van der Waals surface area contributed by atoms with E-state index < -0.39 is 0 Å². The number of hydrogen-bond donors (Lipinski definition) is 3. The fourth-order valence-corrected chi connectivity index (χ4v) is 3.04. The molecule has 0 unspecified atom stereocenters. The molecule has 0 saturated heterocycles. The highest BCUT2D eigenvalue weighted by molar-refractivity contribution is 6.39. The molecule has 1 amide bonds. The average molecular weight is 391 g/mol. The van der Waals surface area contributed by atoms with Crippen LogP contribution in [0.1, 0.15) is 18.7 Å². The van der Waals surface area contributed by atoms with Gasteiger partial charge in [-0.05, 0) is 30.7 Å². The fraction of sp³-hybridized carbons (Fsp3) is 0.167. The summed E-state index contributed by atoms with van der Waals surface area (Å²) in [6.07, 6.45) is 1.27. The van der Waals surface area contributed by atoms with Crippen LogP contribution in [-0.2, 0) is 11.2 Å². The average Bonchev–Trinajstić information content (AvgIpc) is 2.59. The van der Waals surface area contributed by atoms with Gasteiger partial charge in [-0.15, -0.1) is 0 Å². The topological polar surface area (TPSA) is 101 Å². The minimum Gasteiger partial charge on any atom is -0.396 e. The van der Waals surface area contributed by atoms with Crippen LogP contribution in [0.15, 0.2) is 41.2 Å². The largest absolute Gasteiger partial charge is 0.396 e. The van der Waals surface area contributed by atoms with Gasteiger partial charge in [-0.1, -0.05) is 35.3 Å². The molecule has 0 aliphatic carbocycles. The summed E-state index contributed by atoms with van der Waals surface area (Å²) < 4.78 is 0. The Balaban J connectivity index is 1.60. The minimum atomic E-state index is -0.190. The van der Waals surface area contributed by atoms with Gasteiger partial charge in [0.25, 0.3) is 5.56 Å². The van der Waals surface area contributed by atoms with Gasteiger partial charge in [-0.25, -0.2) is 4.98 Å². The molecule has 0 aliphatic heterocycles. The zero-order valence-electron chi connectivity index (χ0n) is 13.7. The Bertz CT molecular complexity index is 1010. The number of rotatable bonds is 5. The molecule has 134 valence electrons. The lowest BCUT2D eigenvalue weighted by Gasteiger charge is -2.08. The minimum absolute atomic E-state index is 0.179. The predicted molar refractivity (Wildman–Crippen MR) is 105 cm³/mol. The van der Waals surface area contributed by atoms with Gasteiger partial charge in [0.1, 0.15) is 5.82 Å². The smallest absolute Gasteiger partial charge is 0.258 e. The molecular formula is C18H16Cl2N4O2. The van der Waals surface area contributed by atoms with E-state index in [0.29, 0.717) is 35.3 Å². The van der Waals surface area contributed by atoms with E-state index in [1.165, 1.54) is 0 Å². The molecule has 0 aliphatic rings. The van der Waals surface area contributed by atoms with Crippen LogP contribution in [0.3, 0.4) is 0 Å². The number of nitrogens with two attached hydrogens (primary N) is 1. The summed E-state index contributed by atoms with van der Waals surface area (Å²) in [5.41, 5.74) is 6.88. The molecule has 3 aromatic rings. The number of aryl methyl sites for hydroxylation is 1. The first-order chi connectivity index (χ1) is 12.4. The number of nitrogens with zero attached hydrogens (tertiary/aromatic N) is 1. The highest BCUT2D eigenvalue weighted by Gasteiger charge is 2.09. The lowest BCUT2D eigenvalue weighted by atomic mass is 10.2. The second-order valence-corrected chi connectivity index (χ2v) is 6.60. The van der Waals surface area contributed by atoms with Gasteiger partial charge < -0.3 is 16.0 Å². The summed E-state index contributed by atoms with van der Waals surface area (Å²) in [7, 11) is 0. The Hall–Kier alpha value is -2.57. The van der Waals surface area contributed by atoms with Crippen LogP contribution in [-0.4, -0.2) is 15.9 Å². The Kier molecular flexibility index (Phi) is 5.44. The van der Waals surface area contributed by atoms with Crippen LogP contribution in [0.25, 0.3) is 10.9 Å². The summed E-state index contributed by atoms with van der Waals surface area (Å²) in [5, 5.41) is 3.84. The number of benzene rings is 2. The standard InChI is InChI=1S/C18H16Cl2N4O2/c19-12-8-10(9-13(20)17(12)21)22-16(25)7-3-6-15-23-14-5-2-1-4-11(14)18(26)24-15/h1-2,4-5,8-9H,3,6-7,21H2,(H,22,25)(H,23,24,26). The van der Waals surface area contributed by atoms with Crippen LogP contribution in [0.2, 0.25) is 10.0 Å². The zero-order chi connectivity index (χ0) is 18.7. The second-order valence-electron chi connectivity index (χ2n) is 5.79. The summed E-state index contributed by atoms with van der Waals surface area (Å²) >= 11 is 11.9. The number of fused-ring (bicyclic) bond motifs is 1. The number of aromatic amines is 1. The molecule has 2 aromatic carbocycles. The zero-order valence-corrected chi connectivity index (χ0v) is 15.2. The number of aromatic nitrogens is 2. The highest BCUT2D eigenvalue weighted by Crippen LogP contribution is 2.31. The van der Waals surface area contributed by atoms with E-state index in [9.17, 15) is 9.59 Å². The molecule has 6 nitrogen and oxygen atoms in total. The number of nitrogens with one attached hydrogen (secondary N) is 2. The normalized spacial score (nSPS) is 10.8. The van der Waals surface area contributed by atoms with Crippen molar-refractivity contribution >= 4 is 51.4 Å². The Morgan fingerprint density at radius 3 is 2.62 bits per heavy atom. The first kappa shape index (κ1) is 18.2. The number of amides is 1. The van der Waals surface area contributed by atoms with Crippen LogP contribution in [0, 0.1) is 0 Å². The Morgan fingerprint density at radius 1 is 1.19 bits per heavy atom. The van der Waals surface area contributed by atoms with Gasteiger partial charge in [-0.3, -0.25) is 9.59 Å². The van der Waals surface area contributed by atoms with Crippen LogP contribution >= 0.6 is 23.2 Å². The van der Waals surface area contributed by atoms with Crippen molar-refractivity contribution in [2.45, 2.75) is 19.3 Å². The molecule has 0 atom stereocenters. The number of carbonyl (C=O) groups is 1. The molecule has 26 heavy (non-hydrogen) atoms. The number of hydrogen-bond acceptors (Lipinski definition) is 4. The van der Waals surface area contributed by atoms with Gasteiger partial charge in [0, 0.05) is 18.5 Å². The van der Waals surface area contributed by atoms with Gasteiger partial charge in [0.2, 0.25) is 5.91 Å². The third-order valence-electron chi connectivity index (χ3n) is 3.84. The number of para-hydroxylation sites is 1. The molecule has 1 heterocycles. The molecule has 4 N–H and O–H groups in total. The molecule has 3 rings (SSSR count). The third kappa shape index (κ3) is 4.15. The fourth-order valence-electron chi connectivity index (χ4n) is 2.55. The summed E-state index contributed by atoms with van der Waals surface area (Å²) in [5.74, 6) is 0.366. The summed E-state index contributed by atoms with van der Waals surface area (Å²) in [6.45, 7) is 0. The first-order valence-corrected chi connectivity index (χ1v) is 8.72. The maximum atomic E-state index is 12.1. The number of anilines is 2. The van der Waals surface area contributed by atoms with Crippen molar-refractivity contribution in [2.24, 2.45) is 0 Å². The van der Waals surface area contributed by atoms with Crippen molar-refractivity contribution in [3.8, 4) is 0 Å². The highest BCUT2D eigenvalue weighted by atomic mass is 35.5. The Morgan fingerprint density at radius 2 is 1.88 bits per heavy atom. The van der Waals surface area contributed by atoms with Gasteiger partial charge in [-0.2, -0.15) is 0 Å². The summed E-state index contributed by atoms with van der Waals surface area (Å²) in [6, 6.07) is 10.2. The molecular weight excluding hydrogens is 375 g/mol. The molecule has 1 aromatic heterocycles. The number of halogens is 2. The van der Waals surface area contributed by atoms with Crippen molar-refractivity contribution in [2.75, 3.05) is 11.1 Å². The molecule has 0 spiro atoms. The SMILES string of the molecule is Nc1c(Cl)cc(NC(=O)CCCc2nc3ccccc3c(=O)[nH]2)cc1Cl. The lowest BCUT2D eigenvalue weighted by molar-refractivity contribution is -0.116. The monoisotopic (exact) mass is 390 g/mol. The van der Waals surface area contributed by atoms with E-state index in [4.69, 9.17) is 28.9 Å². The molecule has 0 saturated carbocycles. The third-order valence-corrected chi connectivity index (χ3v) is 4.47. The van der Waals surface area contributed by atoms with Crippen molar-refractivity contribution in [3.63, 3.8) is 0 Å². The number of H-pyrrole nitrogens is 1. The van der Waals surface area contributed by atoms with Gasteiger partial charge >= 0.3 is 0 Å². The van der Waals surface area contributed by atoms with Crippen LogP contribution < -0.4 is 16.6 Å². The van der Waals surface area contributed by atoms with Crippen molar-refractivity contribution in [1.29, 1.82) is 0 Å². The predicted octanol–water partition coefficient (Wildman–Crippen LogP) is 3.77. The van der Waals surface area contributed by atoms with Crippen molar-refractivity contribution < 1.29 is 4.79 Å². The molecule has 0 bridgehead atoms. The van der Waals surface area contributed by atoms with E-state index in [2.05, 4.69) is 15.3 Å². The van der Waals surface area contributed by atoms with E-state index in [-0.39, 0.29) is 33.6 Å². The Labute approximate surface area is 159 Å². The van der Waals surface area contributed by atoms with E-state index in [1.54, 1.807) is 30.3 Å². The van der Waals surface area contributed by atoms with Crippen molar-refractivity contribution in [1.82, 2.24) is 9.97 Å². The van der Waals surface area contributed by atoms with Crippen LogP contribution in [0.5, 0.6) is 0 Å². The van der Waals surface area contributed by atoms with E-state index >= 15 is 0 Å². The number of carbonyl (C=O) groups excluding carboxylic acids is 1. The van der Waals surface area contributed by atoms with Gasteiger partial charge in [0.05, 0.1) is 26.6 Å². The van der Waals surface area contributed by atoms with E-state index in [1.807, 2.05) is 6.07 Å². The van der Waals surface area contributed by atoms with Crippen molar-refractivity contribution in [3.05, 3.63) is 62.6 Å². The lowest BCUT2D eigenvalue weighted by Crippen LogP contribution is -2.14. The quantitative estimate of drug-likeness (QED) is 0.577. The molecule has 0 fully saturated rings. The molecule has 8 heteroatoms. The van der Waals surface area contributed by atoms with Crippen LogP contribution in [0.4, 0.5) is 11.4 Å². The maximum absolute atomic E-state index is 12.1. The van der Waals surface area contributed by atoms with E-state index in [0.717, 1.165) is 0 Å². The maximum Gasteiger partial charge on any atom is 0.258 e. The number of nitrogen functional groups attached to an aromatic ring is 1. The second kappa shape index (κ2) is 7.76. The first-order valence-electron chi connectivity index (χ1n) is 7.96. The summed E-state index contributed by atoms with van der Waals surface area (Å²) in [4.78, 5) is 31.2.